The van der Waals surface area contributed by atoms with E-state index in [0.717, 1.165) is 32.3 Å². The highest BCUT2D eigenvalue weighted by molar-refractivity contribution is 5.81. The Balaban J connectivity index is 1.97. The molecule has 0 bridgehead atoms. The minimum atomic E-state index is 0.214. The number of likely N-dealkylation sites (N-methyl/N-ethyl adjacent to an activating group) is 1. The van der Waals surface area contributed by atoms with Crippen LogP contribution in [-0.4, -0.2) is 50.3 Å². The number of rotatable bonds is 1. The molecule has 1 saturated heterocycles. The Kier molecular flexibility index (Phi) is 2.39. The Labute approximate surface area is 85.3 Å². The van der Waals surface area contributed by atoms with Gasteiger partial charge in [-0.25, -0.2) is 0 Å². The third-order valence-electron chi connectivity index (χ3n) is 3.06. The van der Waals surface area contributed by atoms with Gasteiger partial charge in [0.2, 0.25) is 0 Å². The highest BCUT2D eigenvalue weighted by atomic mass is 16.5. The molecular weight excluding hydrogens is 178 g/mol. The summed E-state index contributed by atoms with van der Waals surface area (Å²) in [5.74, 6) is 1.02. The van der Waals surface area contributed by atoms with Crippen LogP contribution in [0.5, 0.6) is 0 Å². The molecule has 0 aromatic rings. The van der Waals surface area contributed by atoms with E-state index in [4.69, 9.17) is 4.74 Å². The van der Waals surface area contributed by atoms with Gasteiger partial charge in [-0.1, -0.05) is 13.8 Å². The Hall–Kier alpha value is -0.770. The van der Waals surface area contributed by atoms with Crippen LogP contribution in [0, 0.1) is 5.41 Å². The van der Waals surface area contributed by atoms with Crippen molar-refractivity contribution in [3.05, 3.63) is 0 Å². The van der Waals surface area contributed by atoms with E-state index in [1.807, 2.05) is 0 Å². The van der Waals surface area contributed by atoms with E-state index < -0.39 is 0 Å². The first-order valence-electron chi connectivity index (χ1n) is 5.19. The molecule has 2 heterocycles. The van der Waals surface area contributed by atoms with Gasteiger partial charge in [0.15, 0.2) is 5.96 Å². The minimum absolute atomic E-state index is 0.214. The summed E-state index contributed by atoms with van der Waals surface area (Å²) >= 11 is 0. The fourth-order valence-corrected chi connectivity index (χ4v) is 1.85. The molecule has 2 aliphatic rings. The van der Waals surface area contributed by atoms with Crippen LogP contribution < -0.4 is 5.32 Å². The van der Waals surface area contributed by atoms with Crippen molar-refractivity contribution in [1.29, 1.82) is 0 Å². The summed E-state index contributed by atoms with van der Waals surface area (Å²) in [7, 11) is 2.07. The van der Waals surface area contributed by atoms with Gasteiger partial charge < -0.3 is 15.0 Å². The third-order valence-corrected chi connectivity index (χ3v) is 3.06. The van der Waals surface area contributed by atoms with Crippen molar-refractivity contribution in [2.75, 3.05) is 33.4 Å². The first kappa shape index (κ1) is 9.77. The van der Waals surface area contributed by atoms with Crippen LogP contribution in [0.4, 0.5) is 0 Å². The lowest BCUT2D eigenvalue weighted by Crippen LogP contribution is -2.48. The molecule has 0 aromatic heterocycles. The molecule has 0 aliphatic carbocycles. The molecule has 80 valence electrons. The molecule has 0 radical (unpaired) electrons. The summed E-state index contributed by atoms with van der Waals surface area (Å²) in [6.07, 6.45) is 0. The molecule has 0 saturated carbocycles. The van der Waals surface area contributed by atoms with Crippen molar-refractivity contribution >= 4 is 5.96 Å². The summed E-state index contributed by atoms with van der Waals surface area (Å²) in [5.41, 5.74) is 0.214. The van der Waals surface area contributed by atoms with Gasteiger partial charge >= 0.3 is 0 Å². The van der Waals surface area contributed by atoms with Crippen molar-refractivity contribution in [2.45, 2.75) is 19.9 Å². The molecule has 2 rings (SSSR count). The van der Waals surface area contributed by atoms with Gasteiger partial charge in [-0.05, 0) is 0 Å². The third kappa shape index (κ3) is 1.71. The second-order valence-electron chi connectivity index (χ2n) is 4.83. The zero-order chi connectivity index (χ0) is 10.2. The SMILES string of the molecule is CN1CCN=C1NC1COCC1(C)C. The second kappa shape index (κ2) is 3.42. The first-order valence-corrected chi connectivity index (χ1v) is 5.19. The fraction of sp³-hybridized carbons (Fsp3) is 0.900. The number of guanidine groups is 1. The van der Waals surface area contributed by atoms with E-state index in [9.17, 15) is 0 Å². The van der Waals surface area contributed by atoms with Gasteiger partial charge in [0, 0.05) is 19.0 Å². The lowest BCUT2D eigenvalue weighted by Gasteiger charge is -2.28. The van der Waals surface area contributed by atoms with E-state index in [1.165, 1.54) is 0 Å². The Bertz CT molecular complexity index is 250. The predicted molar refractivity (Wildman–Crippen MR) is 56.5 cm³/mol. The summed E-state index contributed by atoms with van der Waals surface area (Å²) in [6.45, 7) is 8.02. The van der Waals surface area contributed by atoms with Crippen LogP contribution in [0.3, 0.4) is 0 Å². The topological polar surface area (TPSA) is 36.9 Å². The van der Waals surface area contributed by atoms with E-state index in [-0.39, 0.29) is 5.41 Å². The second-order valence-corrected chi connectivity index (χ2v) is 4.83. The molecule has 14 heavy (non-hydrogen) atoms. The fourth-order valence-electron chi connectivity index (χ4n) is 1.85. The lowest BCUT2D eigenvalue weighted by molar-refractivity contribution is 0.166. The number of aliphatic imine (C=N–C) groups is 1. The molecular formula is C10H19N3O. The highest BCUT2D eigenvalue weighted by Gasteiger charge is 2.36. The van der Waals surface area contributed by atoms with Gasteiger partial charge in [-0.3, -0.25) is 4.99 Å². The Morgan fingerprint density at radius 2 is 2.36 bits per heavy atom. The quantitative estimate of drug-likeness (QED) is 0.657. The predicted octanol–water partition coefficient (Wildman–Crippen LogP) is 0.302. The molecule has 1 N–H and O–H groups in total. The van der Waals surface area contributed by atoms with Crippen molar-refractivity contribution in [3.8, 4) is 0 Å². The number of hydrogen-bond donors (Lipinski definition) is 1. The molecule has 2 aliphatic heterocycles. The van der Waals surface area contributed by atoms with Crippen LogP contribution in [0.1, 0.15) is 13.8 Å². The van der Waals surface area contributed by atoms with Gasteiger partial charge in [0.05, 0.1) is 25.8 Å². The molecule has 1 unspecified atom stereocenters. The first-order chi connectivity index (χ1) is 6.59. The maximum atomic E-state index is 5.48. The van der Waals surface area contributed by atoms with Crippen LogP contribution in [0.15, 0.2) is 4.99 Å². The van der Waals surface area contributed by atoms with Crippen LogP contribution >= 0.6 is 0 Å². The molecule has 0 spiro atoms. The number of nitrogens with zero attached hydrogens (tertiary/aromatic N) is 2. The van der Waals surface area contributed by atoms with E-state index in [2.05, 4.69) is 36.1 Å². The van der Waals surface area contributed by atoms with Crippen LogP contribution in [0.2, 0.25) is 0 Å². The maximum absolute atomic E-state index is 5.48. The zero-order valence-corrected chi connectivity index (χ0v) is 9.21. The lowest BCUT2D eigenvalue weighted by atomic mass is 9.88. The molecule has 0 aromatic carbocycles. The monoisotopic (exact) mass is 197 g/mol. The van der Waals surface area contributed by atoms with Crippen molar-refractivity contribution < 1.29 is 4.74 Å². The summed E-state index contributed by atoms with van der Waals surface area (Å²) in [4.78, 5) is 6.58. The van der Waals surface area contributed by atoms with Crippen molar-refractivity contribution in [1.82, 2.24) is 10.2 Å². The number of nitrogens with one attached hydrogen (secondary N) is 1. The van der Waals surface area contributed by atoms with Gasteiger partial charge in [0.1, 0.15) is 0 Å². The number of hydrogen-bond acceptors (Lipinski definition) is 4. The molecule has 1 atom stereocenters. The van der Waals surface area contributed by atoms with Crippen LogP contribution in [0.25, 0.3) is 0 Å². The Morgan fingerprint density at radius 3 is 2.86 bits per heavy atom. The number of ether oxygens (including phenoxy) is 1. The van der Waals surface area contributed by atoms with E-state index >= 15 is 0 Å². The zero-order valence-electron chi connectivity index (χ0n) is 9.21. The Morgan fingerprint density at radius 1 is 1.57 bits per heavy atom. The van der Waals surface area contributed by atoms with E-state index in [0.29, 0.717) is 6.04 Å². The maximum Gasteiger partial charge on any atom is 0.194 e. The smallest absolute Gasteiger partial charge is 0.194 e. The van der Waals surface area contributed by atoms with Gasteiger partial charge in [-0.2, -0.15) is 0 Å². The van der Waals surface area contributed by atoms with Gasteiger partial charge in [0.25, 0.3) is 0 Å². The average Bonchev–Trinajstić information content (AvgIpc) is 2.62. The normalized spacial score (nSPS) is 30.6. The summed E-state index contributed by atoms with van der Waals surface area (Å²) < 4.78 is 5.48. The minimum Gasteiger partial charge on any atom is -0.379 e. The highest BCUT2D eigenvalue weighted by Crippen LogP contribution is 2.27. The van der Waals surface area contributed by atoms with Crippen molar-refractivity contribution in [3.63, 3.8) is 0 Å². The van der Waals surface area contributed by atoms with E-state index in [1.54, 1.807) is 0 Å². The summed E-state index contributed by atoms with van der Waals surface area (Å²) in [5, 5.41) is 3.47. The summed E-state index contributed by atoms with van der Waals surface area (Å²) in [6, 6.07) is 0.391. The standard InChI is InChI=1S/C10H19N3O/c1-10(2)7-14-6-8(10)12-9-11-4-5-13(9)3/h8H,4-7H2,1-3H3,(H,11,12). The molecule has 4 nitrogen and oxygen atoms in total. The average molecular weight is 197 g/mol. The largest absolute Gasteiger partial charge is 0.379 e. The van der Waals surface area contributed by atoms with Crippen LogP contribution in [-0.2, 0) is 4.74 Å². The van der Waals surface area contributed by atoms with Gasteiger partial charge in [-0.15, -0.1) is 0 Å². The molecule has 1 fully saturated rings. The molecule has 4 heteroatoms. The van der Waals surface area contributed by atoms with Crippen molar-refractivity contribution in [2.24, 2.45) is 10.4 Å². The molecule has 0 amide bonds.